The van der Waals surface area contributed by atoms with Crippen molar-refractivity contribution in [3.63, 3.8) is 0 Å². The minimum Gasteiger partial charge on any atom is -0.503 e. The van der Waals surface area contributed by atoms with Crippen LogP contribution in [0.25, 0.3) is 0 Å². The van der Waals surface area contributed by atoms with E-state index in [2.05, 4.69) is 0 Å². The number of anilines is 1. The number of hydrogen-bond acceptors (Lipinski definition) is 3. The van der Waals surface area contributed by atoms with E-state index in [-0.39, 0.29) is 11.4 Å². The average Bonchev–Trinajstić information content (AvgIpc) is 2.27. The van der Waals surface area contributed by atoms with Crippen molar-refractivity contribution in [2.24, 2.45) is 0 Å². The number of halogens is 2. The van der Waals surface area contributed by atoms with Crippen molar-refractivity contribution in [2.45, 2.75) is 19.8 Å². The van der Waals surface area contributed by atoms with Gasteiger partial charge in [0, 0.05) is 0 Å². The van der Waals surface area contributed by atoms with Crippen LogP contribution < -0.4 is 4.72 Å². The molecule has 0 fully saturated rings. The maximum atomic E-state index is 13.0. The zero-order valence-corrected chi connectivity index (χ0v) is 10.0. The lowest BCUT2D eigenvalue weighted by Gasteiger charge is -2.09. The molecule has 96 valence electrons. The molecule has 1 aromatic rings. The van der Waals surface area contributed by atoms with Crippen LogP contribution in [-0.4, -0.2) is 19.3 Å². The van der Waals surface area contributed by atoms with Gasteiger partial charge in [-0.3, -0.25) is 4.72 Å². The third-order valence-electron chi connectivity index (χ3n) is 2.10. The van der Waals surface area contributed by atoms with Gasteiger partial charge in [-0.2, -0.15) is 4.39 Å². The molecule has 0 aliphatic carbocycles. The molecule has 0 heterocycles. The molecule has 0 aliphatic heterocycles. The summed E-state index contributed by atoms with van der Waals surface area (Å²) >= 11 is 0. The van der Waals surface area contributed by atoms with E-state index in [1.54, 1.807) is 0 Å². The Hall–Kier alpha value is -1.37. The molecule has 7 heteroatoms. The van der Waals surface area contributed by atoms with Gasteiger partial charge in [-0.25, -0.2) is 12.8 Å². The minimum absolute atomic E-state index is 0.137. The van der Waals surface area contributed by atoms with Gasteiger partial charge in [0.1, 0.15) is 0 Å². The monoisotopic (exact) mass is 265 g/mol. The lowest BCUT2D eigenvalue weighted by Crippen LogP contribution is -2.16. The molecule has 0 atom stereocenters. The maximum Gasteiger partial charge on any atom is 0.232 e. The lowest BCUT2D eigenvalue weighted by atomic mass is 10.3. The molecule has 2 N–H and O–H groups in total. The number of benzene rings is 1. The Balaban J connectivity index is 2.93. The number of aromatic hydroxyl groups is 1. The first-order valence-corrected chi connectivity index (χ1v) is 6.70. The summed E-state index contributed by atoms with van der Waals surface area (Å²) < 4.78 is 50.6. The zero-order valence-electron chi connectivity index (χ0n) is 9.20. The Morgan fingerprint density at radius 3 is 2.59 bits per heavy atom. The third kappa shape index (κ3) is 3.55. The molecule has 0 saturated carbocycles. The minimum atomic E-state index is -3.65. The fraction of sp³-hybridized carbons (Fsp3) is 0.400. The first-order valence-electron chi connectivity index (χ1n) is 5.05. The Morgan fingerprint density at radius 1 is 1.35 bits per heavy atom. The predicted octanol–water partition coefficient (Wildman–Crippen LogP) is 2.21. The standard InChI is InChI=1S/C10H13F2NO3S/c1-2-3-6-17(15,16)13-8-5-4-7(11)9(12)10(8)14/h4-5,13-14H,2-3,6H2,1H3. The van der Waals surface area contributed by atoms with Crippen molar-refractivity contribution in [2.75, 3.05) is 10.5 Å². The molecule has 1 aromatic carbocycles. The third-order valence-corrected chi connectivity index (χ3v) is 3.46. The van der Waals surface area contributed by atoms with Crippen molar-refractivity contribution in [1.29, 1.82) is 0 Å². The van der Waals surface area contributed by atoms with Crippen LogP contribution in [0.15, 0.2) is 12.1 Å². The second kappa shape index (κ2) is 5.31. The molecular weight excluding hydrogens is 252 g/mol. The van der Waals surface area contributed by atoms with Gasteiger partial charge in [0.15, 0.2) is 11.6 Å². The molecule has 0 radical (unpaired) electrons. The first kappa shape index (κ1) is 13.7. The zero-order chi connectivity index (χ0) is 13.1. The second-order valence-electron chi connectivity index (χ2n) is 3.53. The Kier molecular flexibility index (Phi) is 4.28. The number of hydrogen-bond donors (Lipinski definition) is 2. The van der Waals surface area contributed by atoms with Crippen molar-refractivity contribution >= 4 is 15.7 Å². The van der Waals surface area contributed by atoms with Crippen LogP contribution in [0.2, 0.25) is 0 Å². The topological polar surface area (TPSA) is 66.4 Å². The van der Waals surface area contributed by atoms with Gasteiger partial charge >= 0.3 is 0 Å². The number of phenolic OH excluding ortho intramolecular Hbond substituents is 1. The van der Waals surface area contributed by atoms with E-state index in [9.17, 15) is 22.3 Å². The van der Waals surface area contributed by atoms with Gasteiger partial charge in [-0.05, 0) is 18.6 Å². The molecule has 0 aromatic heterocycles. The molecule has 17 heavy (non-hydrogen) atoms. The number of phenols is 1. The Bertz CT molecular complexity index is 503. The summed E-state index contributed by atoms with van der Waals surface area (Å²) in [6.07, 6.45) is 1.13. The average molecular weight is 265 g/mol. The molecule has 0 bridgehead atoms. The van der Waals surface area contributed by atoms with Gasteiger partial charge in [0.2, 0.25) is 15.8 Å². The highest BCUT2D eigenvalue weighted by Crippen LogP contribution is 2.28. The number of nitrogens with one attached hydrogen (secondary N) is 1. The summed E-state index contributed by atoms with van der Waals surface area (Å²) in [6.45, 7) is 1.82. The normalized spacial score (nSPS) is 11.5. The summed E-state index contributed by atoms with van der Waals surface area (Å²) in [5.41, 5.74) is -0.361. The van der Waals surface area contributed by atoms with Gasteiger partial charge in [0.25, 0.3) is 0 Å². The highest BCUT2D eigenvalue weighted by atomic mass is 32.2. The summed E-state index contributed by atoms with van der Waals surface area (Å²) in [4.78, 5) is 0. The number of rotatable bonds is 5. The Morgan fingerprint density at radius 2 is 2.00 bits per heavy atom. The van der Waals surface area contributed by atoms with Crippen LogP contribution in [0.3, 0.4) is 0 Å². The van der Waals surface area contributed by atoms with Crippen LogP contribution in [0, 0.1) is 11.6 Å². The van der Waals surface area contributed by atoms with Gasteiger partial charge in [-0.15, -0.1) is 0 Å². The van der Waals surface area contributed by atoms with Crippen LogP contribution in [-0.2, 0) is 10.0 Å². The van der Waals surface area contributed by atoms with Crippen molar-refractivity contribution in [3.05, 3.63) is 23.8 Å². The molecule has 0 amide bonds. The first-order chi connectivity index (χ1) is 7.87. The van der Waals surface area contributed by atoms with Gasteiger partial charge < -0.3 is 5.11 Å². The molecule has 0 saturated heterocycles. The quantitative estimate of drug-likeness (QED) is 0.802. The van der Waals surface area contributed by atoms with Crippen molar-refractivity contribution in [3.8, 4) is 5.75 Å². The van der Waals surface area contributed by atoms with Crippen LogP contribution in [0.1, 0.15) is 19.8 Å². The predicted molar refractivity (Wildman–Crippen MR) is 60.3 cm³/mol. The molecular formula is C10H13F2NO3S. The lowest BCUT2D eigenvalue weighted by molar-refractivity contribution is 0.409. The molecule has 0 aliphatic rings. The maximum absolute atomic E-state index is 13.0. The highest BCUT2D eigenvalue weighted by molar-refractivity contribution is 7.92. The summed E-state index contributed by atoms with van der Waals surface area (Å²) in [7, 11) is -3.65. The molecule has 0 unspecified atom stereocenters. The fourth-order valence-electron chi connectivity index (χ4n) is 1.18. The van der Waals surface area contributed by atoms with E-state index >= 15 is 0 Å². The van der Waals surface area contributed by atoms with Gasteiger partial charge in [0.05, 0.1) is 11.4 Å². The van der Waals surface area contributed by atoms with Crippen LogP contribution in [0.4, 0.5) is 14.5 Å². The smallest absolute Gasteiger partial charge is 0.232 e. The summed E-state index contributed by atoms with van der Waals surface area (Å²) in [5.74, 6) is -3.88. The SMILES string of the molecule is CCCCS(=O)(=O)Nc1ccc(F)c(F)c1O. The van der Waals surface area contributed by atoms with E-state index in [1.165, 1.54) is 0 Å². The van der Waals surface area contributed by atoms with Crippen LogP contribution >= 0.6 is 0 Å². The second-order valence-corrected chi connectivity index (χ2v) is 5.37. The van der Waals surface area contributed by atoms with Crippen molar-refractivity contribution in [1.82, 2.24) is 0 Å². The van der Waals surface area contributed by atoms with E-state index < -0.39 is 27.4 Å². The van der Waals surface area contributed by atoms with E-state index in [0.29, 0.717) is 12.8 Å². The fourth-order valence-corrected chi connectivity index (χ4v) is 2.45. The van der Waals surface area contributed by atoms with Gasteiger partial charge in [-0.1, -0.05) is 13.3 Å². The van der Waals surface area contributed by atoms with Crippen molar-refractivity contribution < 1.29 is 22.3 Å². The summed E-state index contributed by atoms with van der Waals surface area (Å²) in [5, 5.41) is 9.23. The molecule has 4 nitrogen and oxygen atoms in total. The van der Waals surface area contributed by atoms with E-state index in [1.807, 2.05) is 11.6 Å². The largest absolute Gasteiger partial charge is 0.503 e. The molecule has 1 rings (SSSR count). The number of sulfonamides is 1. The van der Waals surface area contributed by atoms with E-state index in [0.717, 1.165) is 12.1 Å². The molecule has 0 spiro atoms. The van der Waals surface area contributed by atoms with E-state index in [4.69, 9.17) is 0 Å². The number of unbranched alkanes of at least 4 members (excludes halogenated alkanes) is 1. The van der Waals surface area contributed by atoms with Crippen LogP contribution in [0.5, 0.6) is 5.75 Å². The Labute approximate surface area is 98.3 Å². The summed E-state index contributed by atoms with van der Waals surface area (Å²) in [6, 6.07) is 1.71. The highest BCUT2D eigenvalue weighted by Gasteiger charge is 2.17.